The number of fused-ring (bicyclic) bond motifs is 1. The minimum Gasteiger partial charge on any atom is -0.489 e. The molecule has 0 bridgehead atoms. The second-order valence-electron chi connectivity index (χ2n) is 8.46. The summed E-state index contributed by atoms with van der Waals surface area (Å²) in [5.74, 6) is 0.236. The van der Waals surface area contributed by atoms with Gasteiger partial charge in [0.1, 0.15) is 18.4 Å². The van der Waals surface area contributed by atoms with Crippen molar-refractivity contribution in [2.45, 2.75) is 45.3 Å². The van der Waals surface area contributed by atoms with Gasteiger partial charge in [-0.3, -0.25) is 14.7 Å². The first-order valence-corrected chi connectivity index (χ1v) is 11.9. The van der Waals surface area contributed by atoms with Crippen molar-refractivity contribution < 1.29 is 14.3 Å². The number of hydrogen-bond acceptors (Lipinski definition) is 4. The van der Waals surface area contributed by atoms with Crippen LogP contribution in [0.3, 0.4) is 0 Å². The molecule has 0 radical (unpaired) electrons. The van der Waals surface area contributed by atoms with Gasteiger partial charge in [-0.2, -0.15) is 5.10 Å². The van der Waals surface area contributed by atoms with Gasteiger partial charge in [0.15, 0.2) is 0 Å². The second-order valence-corrected chi connectivity index (χ2v) is 8.46. The molecule has 0 fully saturated rings. The predicted molar refractivity (Wildman–Crippen MR) is 137 cm³/mol. The summed E-state index contributed by atoms with van der Waals surface area (Å²) in [6.45, 7) is 2.54. The molecule has 7 nitrogen and oxygen atoms in total. The van der Waals surface area contributed by atoms with Crippen LogP contribution in [0.2, 0.25) is 0 Å². The lowest BCUT2D eigenvalue weighted by Gasteiger charge is -2.19. The van der Waals surface area contributed by atoms with E-state index in [-0.39, 0.29) is 11.8 Å². The first-order valence-electron chi connectivity index (χ1n) is 11.9. The highest BCUT2D eigenvalue weighted by Gasteiger charge is 2.23. The Morgan fingerprint density at radius 1 is 1.00 bits per heavy atom. The fraction of sp³-hybridized carbons (Fsp3) is 0.250. The van der Waals surface area contributed by atoms with Gasteiger partial charge in [0.05, 0.1) is 11.7 Å². The number of unbranched alkanes of at least 4 members (excludes halogenated alkanes) is 2. The maximum absolute atomic E-state index is 13.3. The van der Waals surface area contributed by atoms with Crippen LogP contribution in [0.1, 0.15) is 49.8 Å². The third-order valence-corrected chi connectivity index (χ3v) is 5.74. The number of anilines is 1. The number of benzene rings is 3. The Morgan fingerprint density at radius 2 is 1.80 bits per heavy atom. The number of aromatic amines is 1. The van der Waals surface area contributed by atoms with E-state index in [1.165, 1.54) is 0 Å². The minimum absolute atomic E-state index is 0.145. The number of aromatic nitrogens is 2. The maximum Gasteiger partial charge on any atom is 0.251 e. The van der Waals surface area contributed by atoms with E-state index in [0.717, 1.165) is 35.7 Å². The maximum atomic E-state index is 13.3. The monoisotopic (exact) mass is 470 g/mol. The lowest BCUT2D eigenvalue weighted by atomic mass is 10.0. The number of carbonyl (C=O) groups excluding carboxylic acids is 2. The van der Waals surface area contributed by atoms with Crippen LogP contribution >= 0.6 is 0 Å². The number of amides is 2. The number of nitrogens with zero attached hydrogens (tertiary/aromatic N) is 1. The van der Waals surface area contributed by atoms with Crippen LogP contribution in [0.4, 0.5) is 5.69 Å². The van der Waals surface area contributed by atoms with Crippen LogP contribution in [-0.2, 0) is 16.2 Å². The first kappa shape index (κ1) is 24.0. The van der Waals surface area contributed by atoms with Crippen LogP contribution in [0, 0.1) is 0 Å². The van der Waals surface area contributed by atoms with Crippen LogP contribution in [0.5, 0.6) is 5.75 Å². The van der Waals surface area contributed by atoms with Gasteiger partial charge in [-0.15, -0.1) is 0 Å². The summed E-state index contributed by atoms with van der Waals surface area (Å²) >= 11 is 0. The number of carbonyl (C=O) groups is 2. The summed E-state index contributed by atoms with van der Waals surface area (Å²) in [5.41, 5.74) is 3.28. The Hall–Kier alpha value is -4.13. The molecule has 0 saturated heterocycles. The van der Waals surface area contributed by atoms with Crippen LogP contribution in [0.15, 0.2) is 79.0 Å². The summed E-state index contributed by atoms with van der Waals surface area (Å²) in [5, 5.41) is 13.6. The normalized spacial score (nSPS) is 11.7. The van der Waals surface area contributed by atoms with Gasteiger partial charge in [-0.1, -0.05) is 62.2 Å². The van der Waals surface area contributed by atoms with E-state index >= 15 is 0 Å². The Morgan fingerprint density at radius 3 is 2.57 bits per heavy atom. The smallest absolute Gasteiger partial charge is 0.251 e. The molecule has 0 spiro atoms. The fourth-order valence-corrected chi connectivity index (χ4v) is 3.80. The minimum atomic E-state index is -0.827. The van der Waals surface area contributed by atoms with Gasteiger partial charge < -0.3 is 15.4 Å². The number of nitrogens with one attached hydrogen (secondary N) is 3. The number of rotatable bonds is 11. The molecule has 0 unspecified atom stereocenters. The molecule has 35 heavy (non-hydrogen) atoms. The van der Waals surface area contributed by atoms with E-state index in [2.05, 4.69) is 27.8 Å². The van der Waals surface area contributed by atoms with Crippen molar-refractivity contribution in [1.82, 2.24) is 15.5 Å². The van der Waals surface area contributed by atoms with Crippen molar-refractivity contribution >= 4 is 28.4 Å². The Labute approximate surface area is 204 Å². The van der Waals surface area contributed by atoms with Gasteiger partial charge in [0, 0.05) is 17.5 Å². The average molecular weight is 471 g/mol. The van der Waals surface area contributed by atoms with Crippen molar-refractivity contribution in [3.05, 3.63) is 90.1 Å². The van der Waals surface area contributed by atoms with Crippen molar-refractivity contribution in [2.75, 3.05) is 5.32 Å². The fourth-order valence-electron chi connectivity index (χ4n) is 3.80. The summed E-state index contributed by atoms with van der Waals surface area (Å²) in [4.78, 5) is 25.9. The van der Waals surface area contributed by atoms with E-state index in [1.54, 1.807) is 12.3 Å². The molecular weight excluding hydrogens is 440 g/mol. The van der Waals surface area contributed by atoms with Crippen LogP contribution in [-0.4, -0.2) is 22.0 Å². The molecule has 1 aromatic heterocycles. The molecule has 2 amide bonds. The number of ether oxygens (including phenoxy) is 1. The summed E-state index contributed by atoms with van der Waals surface area (Å²) in [6.07, 6.45) is 4.88. The van der Waals surface area contributed by atoms with E-state index in [0.29, 0.717) is 30.0 Å². The molecule has 0 aliphatic heterocycles. The lowest BCUT2D eigenvalue weighted by Crippen LogP contribution is -2.36. The zero-order valence-electron chi connectivity index (χ0n) is 19.8. The summed E-state index contributed by atoms with van der Waals surface area (Å²) < 4.78 is 5.87. The molecule has 3 aromatic carbocycles. The van der Waals surface area contributed by atoms with Gasteiger partial charge in [-0.25, -0.2) is 0 Å². The first-order chi connectivity index (χ1) is 17.1. The quantitative estimate of drug-likeness (QED) is 0.252. The Kier molecular flexibility index (Phi) is 8.12. The Bertz CT molecular complexity index is 1250. The predicted octanol–water partition coefficient (Wildman–Crippen LogP) is 5.52. The molecule has 4 aromatic rings. The number of hydrogen-bond donors (Lipinski definition) is 3. The van der Waals surface area contributed by atoms with Crippen molar-refractivity contribution in [3.8, 4) is 5.75 Å². The average Bonchev–Trinajstić information content (AvgIpc) is 3.35. The highest BCUT2D eigenvalue weighted by Crippen LogP contribution is 2.23. The van der Waals surface area contributed by atoms with Gasteiger partial charge in [-0.05, 0) is 47.9 Å². The highest BCUT2D eigenvalue weighted by atomic mass is 16.5. The van der Waals surface area contributed by atoms with E-state index in [4.69, 9.17) is 4.74 Å². The second kappa shape index (κ2) is 11.8. The molecule has 3 N–H and O–H groups in total. The van der Waals surface area contributed by atoms with Crippen LogP contribution in [0.25, 0.3) is 10.9 Å². The molecule has 0 aliphatic carbocycles. The van der Waals surface area contributed by atoms with Gasteiger partial charge >= 0.3 is 0 Å². The lowest BCUT2D eigenvalue weighted by molar-refractivity contribution is -0.126. The standard InChI is InChI=1S/C28H30N4O3/c1-2-3-5-10-26(33)31-27(28(34)30-23-13-16-25-22(17-23)18-29-32-25)21-11-14-24(15-12-21)35-19-20-8-6-4-7-9-20/h4,6-9,11-18,27H,2-3,5,10,19H2,1H3,(H,29,32)(H,30,34)(H,31,33)/t27-/m0/s1. The SMILES string of the molecule is CCCCCC(=O)N[C@H](C(=O)Nc1ccc2[nH]ncc2c1)c1ccc(OCc2ccccc2)cc1. The third-order valence-electron chi connectivity index (χ3n) is 5.74. The topological polar surface area (TPSA) is 96.1 Å². The molecule has 0 aliphatic rings. The highest BCUT2D eigenvalue weighted by molar-refractivity contribution is 5.99. The number of H-pyrrole nitrogens is 1. The molecule has 1 heterocycles. The zero-order chi connectivity index (χ0) is 24.5. The Balaban J connectivity index is 1.47. The third kappa shape index (κ3) is 6.69. The molecule has 1 atom stereocenters. The van der Waals surface area contributed by atoms with E-state index in [1.807, 2.05) is 66.7 Å². The van der Waals surface area contributed by atoms with Gasteiger partial charge in [0.2, 0.25) is 5.91 Å². The molecular formula is C28H30N4O3. The van der Waals surface area contributed by atoms with Crippen molar-refractivity contribution in [2.24, 2.45) is 0 Å². The molecule has 4 rings (SSSR count). The molecule has 7 heteroatoms. The van der Waals surface area contributed by atoms with Gasteiger partial charge in [0.25, 0.3) is 5.91 Å². The van der Waals surface area contributed by atoms with Crippen LogP contribution < -0.4 is 15.4 Å². The summed E-state index contributed by atoms with van der Waals surface area (Å²) in [7, 11) is 0. The summed E-state index contributed by atoms with van der Waals surface area (Å²) in [6, 6.07) is 21.9. The zero-order valence-corrected chi connectivity index (χ0v) is 19.8. The molecule has 180 valence electrons. The molecule has 0 saturated carbocycles. The van der Waals surface area contributed by atoms with E-state index in [9.17, 15) is 9.59 Å². The van der Waals surface area contributed by atoms with Crippen molar-refractivity contribution in [1.29, 1.82) is 0 Å². The van der Waals surface area contributed by atoms with E-state index < -0.39 is 6.04 Å². The van der Waals surface area contributed by atoms with Crippen molar-refractivity contribution in [3.63, 3.8) is 0 Å². The largest absolute Gasteiger partial charge is 0.489 e.